The van der Waals surface area contributed by atoms with Crippen molar-refractivity contribution in [1.82, 2.24) is 24.3 Å². The highest BCUT2D eigenvalue weighted by Gasteiger charge is 2.64. The Morgan fingerprint density at radius 3 is 2.25 bits per heavy atom. The first-order valence-corrected chi connectivity index (χ1v) is 28.4. The van der Waals surface area contributed by atoms with Gasteiger partial charge in [-0.25, -0.2) is 22.3 Å². The van der Waals surface area contributed by atoms with E-state index in [0.717, 1.165) is 21.5 Å². The number of benzene rings is 1. The van der Waals surface area contributed by atoms with Gasteiger partial charge in [-0.15, -0.1) is 0 Å². The van der Waals surface area contributed by atoms with Crippen LogP contribution in [-0.4, -0.2) is 189 Å². The van der Waals surface area contributed by atoms with E-state index in [1.807, 2.05) is 13.0 Å². The minimum atomic E-state index is -3.97. The number of hydrogen-bond acceptors (Lipinski definition) is 16. The number of allylic oxidation sites excluding steroid dienone is 3. The molecule has 0 saturated carbocycles. The van der Waals surface area contributed by atoms with Crippen molar-refractivity contribution in [3.63, 3.8) is 0 Å². The third kappa shape index (κ3) is 15.2. The van der Waals surface area contributed by atoms with Gasteiger partial charge in [-0.3, -0.25) is 29.3 Å². The summed E-state index contributed by atoms with van der Waals surface area (Å²) >= 11 is 13.8. The number of methoxy groups -OCH3 is 2. The highest BCUT2D eigenvalue weighted by molar-refractivity contribution is 7.99. The van der Waals surface area contributed by atoms with Gasteiger partial charge < -0.3 is 48.4 Å². The zero-order chi connectivity index (χ0) is 56.4. The second kappa shape index (κ2) is 26.6. The molecule has 2 saturated heterocycles. The molecule has 422 valence electrons. The smallest absolute Gasteiger partial charge is 0.409 e. The zero-order valence-electron chi connectivity index (χ0n) is 44.8. The van der Waals surface area contributed by atoms with Gasteiger partial charge in [0.15, 0.2) is 10.1 Å². The largest absolute Gasteiger partial charge is 0.495 e. The molecule has 8 atom stereocenters. The Bertz CT molecular complexity index is 2570. The number of nitrogens with zero attached hydrogens (tertiary/aromatic N) is 5. The van der Waals surface area contributed by atoms with E-state index in [9.17, 15) is 47.1 Å². The molecule has 0 aromatic heterocycles. The lowest BCUT2D eigenvalue weighted by Gasteiger charge is -2.42. The summed E-state index contributed by atoms with van der Waals surface area (Å²) in [5, 5.41) is 14.5. The summed E-state index contributed by atoms with van der Waals surface area (Å²) in [7, 11) is 5.21. The maximum Gasteiger partial charge on any atom is 0.409 e. The number of amides is 6. The number of thioether (sulfide) groups is 1. The van der Waals surface area contributed by atoms with Gasteiger partial charge in [0, 0.05) is 104 Å². The Morgan fingerprint density at radius 1 is 0.987 bits per heavy atom. The molecule has 1 aromatic rings. The molecule has 21 nitrogen and oxygen atoms in total. The minimum Gasteiger partial charge on any atom is -0.495 e. The molecule has 6 amide bonds. The van der Waals surface area contributed by atoms with Crippen molar-refractivity contribution in [3.8, 4) is 5.75 Å². The van der Waals surface area contributed by atoms with Crippen molar-refractivity contribution in [2.45, 2.75) is 127 Å². The van der Waals surface area contributed by atoms with Crippen molar-refractivity contribution in [2.24, 2.45) is 5.92 Å². The molecule has 76 heavy (non-hydrogen) atoms. The van der Waals surface area contributed by atoms with E-state index in [2.05, 4.69) is 5.32 Å². The number of ether oxygens (including phenoxy) is 5. The lowest BCUT2D eigenvalue weighted by molar-refractivity contribution is -0.162. The van der Waals surface area contributed by atoms with Gasteiger partial charge in [-0.05, 0) is 57.7 Å². The Morgan fingerprint density at radius 2 is 1.63 bits per heavy atom. The maximum atomic E-state index is 14.3. The molecule has 0 spiro atoms. The van der Waals surface area contributed by atoms with E-state index in [4.69, 9.17) is 46.9 Å². The fourth-order valence-electron chi connectivity index (χ4n) is 9.15. The van der Waals surface area contributed by atoms with Gasteiger partial charge >= 0.3 is 12.1 Å². The third-order valence-corrected chi connectivity index (χ3v) is 18.0. The van der Waals surface area contributed by atoms with E-state index in [-0.39, 0.29) is 61.4 Å². The number of hydrogen-bond donors (Lipinski definition) is 2. The normalized spacial score (nSPS) is 26.9. The highest BCUT2D eigenvalue weighted by Crippen LogP contribution is 2.49. The van der Waals surface area contributed by atoms with Crippen molar-refractivity contribution in [2.75, 3.05) is 78.5 Å². The van der Waals surface area contributed by atoms with Crippen LogP contribution in [0, 0.1) is 5.92 Å². The number of alkyl carbamates (subject to hydrolysis) is 1. The Kier molecular flexibility index (Phi) is 21.7. The van der Waals surface area contributed by atoms with E-state index in [1.54, 1.807) is 59.3 Å². The highest BCUT2D eigenvalue weighted by atomic mass is 35.5. The number of sulfonamides is 1. The molecule has 2 N–H and O–H groups in total. The van der Waals surface area contributed by atoms with Gasteiger partial charge in [0.05, 0.1) is 25.3 Å². The number of esters is 1. The zero-order valence-corrected chi connectivity index (χ0v) is 47.9. The van der Waals surface area contributed by atoms with Crippen LogP contribution in [0.1, 0.15) is 84.6 Å². The molecular weight excluding hydrogens is 1070 g/mol. The number of epoxide rings is 1. The SMILES string of the molecule is COc1cc2cc(c1Cl)N(C)C(=O)C[C@H](OC(=O)[C@H](C)N(C)C(=O)CCSCCC(=O)N(C)CCN(C)C(=O)CCCCCN1C(=O)C=C(Cl)S1(=O)=O)[C@]1(C)O[C@H]1[C@H](C)[C@@H]1C[C@@](O)(NC(=O)O1)[C@H](OC)/C=C/C=C(\C)C2. The number of nitrogens with one attached hydrogen (secondary N) is 1. The molecule has 0 unspecified atom stereocenters. The topological polar surface area (TPSA) is 252 Å². The average molecular weight is 1140 g/mol. The molecule has 4 aliphatic heterocycles. The lowest BCUT2D eigenvalue weighted by atomic mass is 9.83. The number of halogens is 2. The van der Waals surface area contributed by atoms with Gasteiger partial charge in [-0.1, -0.05) is 60.3 Å². The number of carbonyl (C=O) groups is 7. The van der Waals surface area contributed by atoms with Gasteiger partial charge in [-0.2, -0.15) is 11.8 Å². The predicted octanol–water partition coefficient (Wildman–Crippen LogP) is 4.76. The van der Waals surface area contributed by atoms with Gasteiger partial charge in [0.1, 0.15) is 40.7 Å². The van der Waals surface area contributed by atoms with E-state index >= 15 is 0 Å². The van der Waals surface area contributed by atoms with Crippen molar-refractivity contribution in [3.05, 3.63) is 57.0 Å². The predicted molar refractivity (Wildman–Crippen MR) is 286 cm³/mol. The first-order valence-electron chi connectivity index (χ1n) is 25.0. The summed E-state index contributed by atoms with van der Waals surface area (Å²) in [4.78, 5) is 98.0. The number of anilines is 1. The molecule has 1 aromatic carbocycles. The molecule has 4 heterocycles. The fourth-order valence-corrected chi connectivity index (χ4v) is 11.8. The summed E-state index contributed by atoms with van der Waals surface area (Å²) in [5.74, 6) is -2.10. The molecule has 4 bridgehead atoms. The standard InChI is InChI=1S/C51H72Cl2N6O15S2/c1-31-15-14-16-38(71-10)51(67)30-37(72-49(66)54-51)32(2)47-50(4,74-47)39(28-44(63)58(8)35-26-34(25-31)27-36(70-9)46(35)53)73-48(65)33(3)57(7)43(62)19-24-75-23-18-42(61)56(6)22-21-55(5)41(60)17-12-11-13-20-59-45(64)29-40(52)76(59,68)69/h14-16,26-27,29,32-33,37-39,47,67H,11-13,17-25,28,30H2,1-10H3,(H,54,66)/b16-14+,31-15+/t32-,33+,37+,38-,39+,47+,50+,51+/m1/s1. The third-order valence-electron chi connectivity index (χ3n) is 14.3. The van der Waals surface area contributed by atoms with Crippen molar-refractivity contribution < 1.29 is 70.8 Å². The van der Waals surface area contributed by atoms with Gasteiger partial charge in [0.2, 0.25) is 23.6 Å². The number of fused-ring (bicyclic) bond motifs is 5. The van der Waals surface area contributed by atoms with Gasteiger partial charge in [0.25, 0.3) is 15.9 Å². The van der Waals surface area contributed by atoms with E-state index in [0.29, 0.717) is 61.7 Å². The molecule has 0 aliphatic carbocycles. The van der Waals surface area contributed by atoms with Crippen LogP contribution in [-0.2, 0) is 64.2 Å². The van der Waals surface area contributed by atoms with Crippen LogP contribution in [0.15, 0.2) is 46.4 Å². The summed E-state index contributed by atoms with van der Waals surface area (Å²) in [5.41, 5.74) is -1.16. The van der Waals surface area contributed by atoms with Crippen molar-refractivity contribution in [1.29, 1.82) is 0 Å². The van der Waals surface area contributed by atoms with E-state index < -0.39 is 86.0 Å². The number of aliphatic hydroxyl groups is 1. The van der Waals surface area contributed by atoms with Crippen LogP contribution in [0.25, 0.3) is 0 Å². The molecule has 5 rings (SSSR count). The maximum absolute atomic E-state index is 14.3. The first-order chi connectivity index (χ1) is 35.7. The second-order valence-electron chi connectivity index (χ2n) is 19.8. The molecule has 4 aliphatic rings. The van der Waals surface area contributed by atoms with Crippen LogP contribution >= 0.6 is 35.0 Å². The van der Waals surface area contributed by atoms with Crippen LogP contribution in [0.3, 0.4) is 0 Å². The summed E-state index contributed by atoms with van der Waals surface area (Å²) in [6.07, 6.45) is 3.13. The Hall–Kier alpha value is -4.91. The molecule has 2 fully saturated rings. The quantitative estimate of drug-likeness (QED) is 0.101. The lowest BCUT2D eigenvalue weighted by Crippen LogP contribution is -2.63. The number of rotatable bonds is 20. The fraction of sp³-hybridized carbons (Fsp3) is 0.627. The average Bonchev–Trinajstić information content (AvgIpc) is 4.02. The van der Waals surface area contributed by atoms with E-state index in [1.165, 1.54) is 59.6 Å². The van der Waals surface area contributed by atoms with Crippen LogP contribution < -0.4 is 15.0 Å². The number of likely N-dealkylation sites (N-methyl/N-ethyl adjacent to an activating group) is 3. The summed E-state index contributed by atoms with van der Waals surface area (Å²) < 4.78 is 53.8. The number of unbranched alkanes of at least 4 members (excludes halogenated alkanes) is 2. The molecule has 25 heteroatoms. The Balaban J connectivity index is 1.15. The van der Waals surface area contributed by atoms with Crippen molar-refractivity contribution >= 4 is 92.3 Å². The summed E-state index contributed by atoms with van der Waals surface area (Å²) in [6.45, 7) is 7.44. The monoisotopic (exact) mass is 1140 g/mol. The molecular formula is C51H72Cl2N6O15S2. The summed E-state index contributed by atoms with van der Waals surface area (Å²) in [6, 6.07) is 2.44. The second-order valence-corrected chi connectivity index (χ2v) is 23.9. The number of carbonyl (C=O) groups excluding carboxylic acids is 7. The Labute approximate surface area is 459 Å². The minimum absolute atomic E-state index is 0.0231. The first kappa shape index (κ1) is 61.9. The van der Waals surface area contributed by atoms with Crippen LogP contribution in [0.2, 0.25) is 5.02 Å². The van der Waals surface area contributed by atoms with Crippen LogP contribution in [0.4, 0.5) is 10.5 Å². The van der Waals surface area contributed by atoms with Crippen LogP contribution in [0.5, 0.6) is 5.75 Å². The molecule has 0 radical (unpaired) electrons.